The van der Waals surface area contributed by atoms with Crippen LogP contribution in [0.5, 0.6) is 0 Å². The Morgan fingerprint density at radius 3 is 2.42 bits per heavy atom. The van der Waals surface area contributed by atoms with Crippen LogP contribution in [0.3, 0.4) is 0 Å². The van der Waals surface area contributed by atoms with E-state index < -0.39 is 0 Å². The van der Waals surface area contributed by atoms with Crippen LogP contribution in [0.1, 0.15) is 51.9 Å². The highest BCUT2D eigenvalue weighted by Gasteiger charge is 1.87. The Hall–Kier alpha value is -0.660. The van der Waals surface area contributed by atoms with Gasteiger partial charge in [-0.05, 0) is 12.8 Å². The van der Waals surface area contributed by atoms with Crippen molar-refractivity contribution in [2.24, 2.45) is 4.99 Å². The molecule has 0 aliphatic rings. The Morgan fingerprint density at radius 1 is 1.08 bits per heavy atom. The van der Waals surface area contributed by atoms with Gasteiger partial charge in [-0.3, -0.25) is 4.79 Å². The Kier molecular flexibility index (Phi) is 9.77. The third-order valence-corrected chi connectivity index (χ3v) is 1.85. The minimum atomic E-state index is 0.594. The summed E-state index contributed by atoms with van der Waals surface area (Å²) in [6.45, 7) is 2.22. The van der Waals surface area contributed by atoms with Crippen LogP contribution in [0, 0.1) is 0 Å². The summed E-state index contributed by atoms with van der Waals surface area (Å²) in [7, 11) is 0. The van der Waals surface area contributed by atoms with Crippen molar-refractivity contribution in [2.45, 2.75) is 51.9 Å². The highest BCUT2D eigenvalue weighted by molar-refractivity contribution is 5.68. The maximum absolute atomic E-state index is 9.78. The number of unbranched alkanes of at least 4 members (excludes halogenated alkanes) is 6. The summed E-state index contributed by atoms with van der Waals surface area (Å²) in [6, 6.07) is 0. The Bertz CT molecular complexity index is 121. The Morgan fingerprint density at radius 2 is 1.75 bits per heavy atom. The molecule has 0 atom stereocenters. The normalized spacial score (nSPS) is 10.8. The number of carbonyl (C=O) groups is 1. The van der Waals surface area contributed by atoms with E-state index in [0.717, 1.165) is 6.42 Å². The average Bonchev–Trinajstić information content (AvgIpc) is 2.10. The van der Waals surface area contributed by atoms with Crippen LogP contribution in [0.2, 0.25) is 0 Å². The van der Waals surface area contributed by atoms with Crippen molar-refractivity contribution in [3.8, 4) is 0 Å². The van der Waals surface area contributed by atoms with E-state index in [1.54, 1.807) is 6.21 Å². The molecule has 0 rings (SSSR count). The monoisotopic (exact) mass is 169 g/mol. The molecule has 0 saturated carbocycles. The summed E-state index contributed by atoms with van der Waals surface area (Å²) in [5, 5.41) is 0. The lowest BCUT2D eigenvalue weighted by Gasteiger charge is -1.96. The van der Waals surface area contributed by atoms with Gasteiger partial charge < -0.3 is 0 Å². The average molecular weight is 169 g/mol. The minimum absolute atomic E-state index is 0.594. The zero-order valence-corrected chi connectivity index (χ0v) is 7.96. The number of amides is 1. The molecule has 1 amide bonds. The van der Waals surface area contributed by atoms with Crippen molar-refractivity contribution < 1.29 is 4.79 Å². The van der Waals surface area contributed by atoms with Crippen molar-refractivity contribution in [1.29, 1.82) is 0 Å². The van der Waals surface area contributed by atoms with Gasteiger partial charge in [-0.2, -0.15) is 0 Å². The van der Waals surface area contributed by atoms with E-state index >= 15 is 0 Å². The van der Waals surface area contributed by atoms with Gasteiger partial charge in [-0.25, -0.2) is 4.99 Å². The van der Waals surface area contributed by atoms with Crippen LogP contribution in [-0.2, 0) is 4.79 Å². The van der Waals surface area contributed by atoms with E-state index in [0.29, 0.717) is 6.41 Å². The summed E-state index contributed by atoms with van der Waals surface area (Å²) in [5.74, 6) is 0. The molecule has 12 heavy (non-hydrogen) atoms. The van der Waals surface area contributed by atoms with Gasteiger partial charge in [0, 0.05) is 6.21 Å². The molecule has 0 bridgehead atoms. The topological polar surface area (TPSA) is 29.4 Å². The molecule has 0 fully saturated rings. The van der Waals surface area contributed by atoms with Gasteiger partial charge in [0.05, 0.1) is 0 Å². The maximum atomic E-state index is 9.78. The van der Waals surface area contributed by atoms with Crippen LogP contribution in [-0.4, -0.2) is 12.6 Å². The lowest BCUT2D eigenvalue weighted by Crippen LogP contribution is -1.80. The molecule has 0 aromatic heterocycles. The van der Waals surface area contributed by atoms with Crippen molar-refractivity contribution in [3.63, 3.8) is 0 Å². The third-order valence-electron chi connectivity index (χ3n) is 1.85. The molecule has 0 saturated heterocycles. The van der Waals surface area contributed by atoms with Gasteiger partial charge >= 0.3 is 0 Å². The third kappa shape index (κ3) is 9.34. The van der Waals surface area contributed by atoms with Crippen LogP contribution in [0.15, 0.2) is 4.99 Å². The molecule has 2 heteroatoms. The summed E-state index contributed by atoms with van der Waals surface area (Å²) in [4.78, 5) is 13.3. The number of carbonyl (C=O) groups excluding carboxylic acids is 1. The van der Waals surface area contributed by atoms with E-state index in [4.69, 9.17) is 0 Å². The molecule has 0 N–H and O–H groups in total. The lowest BCUT2D eigenvalue weighted by atomic mass is 10.1. The minimum Gasteiger partial charge on any atom is -0.276 e. The quantitative estimate of drug-likeness (QED) is 0.312. The van der Waals surface area contributed by atoms with Gasteiger partial charge in [-0.1, -0.05) is 39.0 Å². The maximum Gasteiger partial charge on any atom is 0.232 e. The highest BCUT2D eigenvalue weighted by atomic mass is 16.1. The van der Waals surface area contributed by atoms with Crippen LogP contribution in [0.4, 0.5) is 0 Å². The second kappa shape index (κ2) is 10.3. The van der Waals surface area contributed by atoms with Gasteiger partial charge in [0.25, 0.3) is 0 Å². The van der Waals surface area contributed by atoms with Crippen LogP contribution >= 0.6 is 0 Å². The predicted octanol–water partition coefficient (Wildman–Crippen LogP) is 2.96. The largest absolute Gasteiger partial charge is 0.276 e. The number of hydrogen-bond acceptors (Lipinski definition) is 1. The van der Waals surface area contributed by atoms with Crippen LogP contribution in [0.25, 0.3) is 0 Å². The van der Waals surface area contributed by atoms with E-state index in [1.165, 1.54) is 38.5 Å². The van der Waals surface area contributed by atoms with Crippen molar-refractivity contribution in [1.82, 2.24) is 0 Å². The van der Waals surface area contributed by atoms with Gasteiger partial charge in [0.2, 0.25) is 6.41 Å². The van der Waals surface area contributed by atoms with Crippen LogP contribution < -0.4 is 0 Å². The molecule has 0 heterocycles. The molecule has 0 aliphatic carbocycles. The smallest absolute Gasteiger partial charge is 0.232 e. The molecule has 0 aromatic carbocycles. The first-order chi connectivity index (χ1) is 5.91. The summed E-state index contributed by atoms with van der Waals surface area (Å²) in [5.41, 5.74) is 0. The Labute approximate surface area is 75.1 Å². The van der Waals surface area contributed by atoms with E-state index in [9.17, 15) is 4.79 Å². The molecule has 0 radical (unpaired) electrons. The van der Waals surface area contributed by atoms with Gasteiger partial charge in [0.15, 0.2) is 0 Å². The highest BCUT2D eigenvalue weighted by Crippen LogP contribution is 2.05. The number of hydrogen-bond donors (Lipinski definition) is 0. The summed E-state index contributed by atoms with van der Waals surface area (Å²) < 4.78 is 0. The first-order valence-electron chi connectivity index (χ1n) is 4.87. The summed E-state index contributed by atoms with van der Waals surface area (Å²) in [6.07, 6.45) is 11.0. The molecule has 0 spiro atoms. The molecular formula is C10H19NO. The first-order valence-corrected chi connectivity index (χ1v) is 4.87. The fourth-order valence-corrected chi connectivity index (χ4v) is 1.13. The second-order valence-corrected chi connectivity index (χ2v) is 2.99. The van der Waals surface area contributed by atoms with Gasteiger partial charge in [-0.15, -0.1) is 0 Å². The number of aliphatic imine (C=N–C) groups is 1. The zero-order chi connectivity index (χ0) is 9.07. The fourth-order valence-electron chi connectivity index (χ4n) is 1.13. The van der Waals surface area contributed by atoms with E-state index in [1.807, 2.05) is 0 Å². The number of rotatable bonds is 8. The predicted molar refractivity (Wildman–Crippen MR) is 52.5 cm³/mol. The molecule has 0 aromatic rings. The Balaban J connectivity index is 2.90. The lowest BCUT2D eigenvalue weighted by molar-refractivity contribution is -0.106. The standard InChI is InChI=1S/C10H19NO/c1-2-3-4-5-6-7-8-9-11-10-12/h9-10H,2-8H2,1H3. The molecule has 70 valence electrons. The van der Waals surface area contributed by atoms with Crippen molar-refractivity contribution in [3.05, 3.63) is 0 Å². The molecule has 0 unspecified atom stereocenters. The molecular weight excluding hydrogens is 150 g/mol. The SMILES string of the molecule is CCCCCCCCC=NC=O. The molecule has 2 nitrogen and oxygen atoms in total. The van der Waals surface area contributed by atoms with Gasteiger partial charge in [0.1, 0.15) is 0 Å². The molecule has 0 aliphatic heterocycles. The number of nitrogens with zero attached hydrogens (tertiary/aromatic N) is 1. The zero-order valence-electron chi connectivity index (χ0n) is 7.96. The second-order valence-electron chi connectivity index (χ2n) is 2.99. The van der Waals surface area contributed by atoms with Crippen molar-refractivity contribution in [2.75, 3.05) is 0 Å². The first kappa shape index (κ1) is 11.3. The summed E-state index contributed by atoms with van der Waals surface area (Å²) >= 11 is 0. The van der Waals surface area contributed by atoms with Crippen molar-refractivity contribution >= 4 is 12.6 Å². The van der Waals surface area contributed by atoms with E-state index in [2.05, 4.69) is 11.9 Å². The van der Waals surface area contributed by atoms with E-state index in [-0.39, 0.29) is 0 Å². The fraction of sp³-hybridized carbons (Fsp3) is 0.800.